The van der Waals surface area contributed by atoms with E-state index in [1.807, 2.05) is 61.5 Å². The van der Waals surface area contributed by atoms with Gasteiger partial charge in [-0.3, -0.25) is 4.79 Å². The van der Waals surface area contributed by atoms with Gasteiger partial charge < -0.3 is 9.84 Å². The highest BCUT2D eigenvalue weighted by molar-refractivity contribution is 5.94. The Balaban J connectivity index is 1.60. The maximum Gasteiger partial charge on any atom is 0.416 e. The molecule has 3 aromatic carbocycles. The fourth-order valence-corrected chi connectivity index (χ4v) is 3.38. The highest BCUT2D eigenvalue weighted by Crippen LogP contribution is 2.29. The summed E-state index contributed by atoms with van der Waals surface area (Å²) >= 11 is 0. The molecule has 0 unspecified atom stereocenters. The molecule has 0 saturated carbocycles. The van der Waals surface area contributed by atoms with Crippen LogP contribution in [-0.2, 0) is 12.6 Å². The molecule has 0 radical (unpaired) electrons. The van der Waals surface area contributed by atoms with Gasteiger partial charge in [-0.2, -0.15) is 18.2 Å². The van der Waals surface area contributed by atoms with Crippen LogP contribution in [0, 0.1) is 6.92 Å². The Labute approximate surface area is 188 Å². The Morgan fingerprint density at radius 3 is 2.39 bits per heavy atom. The summed E-state index contributed by atoms with van der Waals surface area (Å²) in [4.78, 5) is 17.3. The Hall–Kier alpha value is -3.94. The van der Waals surface area contributed by atoms with Gasteiger partial charge in [-0.1, -0.05) is 59.3 Å². The first kappa shape index (κ1) is 22.3. The number of hydrogen-bond donors (Lipinski definition) is 1. The van der Waals surface area contributed by atoms with Crippen LogP contribution in [0.15, 0.2) is 83.4 Å². The molecule has 0 spiro atoms. The third kappa shape index (κ3) is 5.46. The molecule has 4 rings (SSSR count). The van der Waals surface area contributed by atoms with Crippen LogP contribution in [0.5, 0.6) is 0 Å². The number of carbonyl (C=O) groups excluding carboxylic acids is 1. The lowest BCUT2D eigenvalue weighted by molar-refractivity contribution is -0.137. The van der Waals surface area contributed by atoms with Crippen LogP contribution >= 0.6 is 0 Å². The van der Waals surface area contributed by atoms with Gasteiger partial charge in [0.1, 0.15) is 6.04 Å². The van der Waals surface area contributed by atoms with Crippen LogP contribution in [0.4, 0.5) is 13.2 Å². The SMILES string of the molecule is Cc1cccc(-c2noc([C@@H](Cc3ccccc3)NC(=O)c3ccc(C(F)(F)F)cc3)n2)c1. The normalized spacial score (nSPS) is 12.4. The summed E-state index contributed by atoms with van der Waals surface area (Å²) in [7, 11) is 0. The molecule has 1 N–H and O–H groups in total. The van der Waals surface area contributed by atoms with Gasteiger partial charge in [-0.15, -0.1) is 0 Å². The van der Waals surface area contributed by atoms with E-state index < -0.39 is 23.7 Å². The van der Waals surface area contributed by atoms with Crippen molar-refractivity contribution in [2.24, 2.45) is 0 Å². The zero-order chi connectivity index (χ0) is 23.4. The lowest BCUT2D eigenvalue weighted by atomic mass is 10.0. The third-order valence-corrected chi connectivity index (χ3v) is 5.08. The molecule has 0 aliphatic heterocycles. The highest BCUT2D eigenvalue weighted by Gasteiger charge is 2.30. The zero-order valence-corrected chi connectivity index (χ0v) is 17.6. The molecule has 0 aliphatic carbocycles. The van der Waals surface area contributed by atoms with Crippen molar-refractivity contribution >= 4 is 5.91 Å². The molecule has 8 heteroatoms. The minimum Gasteiger partial charge on any atom is -0.340 e. The minimum atomic E-state index is -4.47. The summed E-state index contributed by atoms with van der Waals surface area (Å²) in [6, 6.07) is 20.4. The van der Waals surface area contributed by atoms with Crippen molar-refractivity contribution in [2.75, 3.05) is 0 Å². The number of aromatic nitrogens is 2. The molecule has 1 amide bonds. The topological polar surface area (TPSA) is 68.0 Å². The van der Waals surface area contributed by atoms with E-state index in [9.17, 15) is 18.0 Å². The number of alkyl halides is 3. The number of hydrogen-bond acceptors (Lipinski definition) is 4. The number of nitrogens with one attached hydrogen (secondary N) is 1. The largest absolute Gasteiger partial charge is 0.416 e. The van der Waals surface area contributed by atoms with E-state index >= 15 is 0 Å². The molecule has 0 aliphatic rings. The van der Waals surface area contributed by atoms with E-state index in [4.69, 9.17) is 4.52 Å². The number of rotatable bonds is 6. The number of amides is 1. The van der Waals surface area contributed by atoms with E-state index in [1.165, 1.54) is 0 Å². The predicted molar refractivity (Wildman–Crippen MR) is 116 cm³/mol. The van der Waals surface area contributed by atoms with Crippen LogP contribution in [0.25, 0.3) is 11.4 Å². The quantitative estimate of drug-likeness (QED) is 0.404. The van der Waals surface area contributed by atoms with Crippen molar-refractivity contribution in [1.82, 2.24) is 15.5 Å². The standard InChI is InChI=1S/C25H20F3N3O2/c1-16-6-5-9-19(14-16)22-30-24(33-31-22)21(15-17-7-3-2-4-8-17)29-23(32)18-10-12-20(13-11-18)25(26,27)28/h2-14,21H,15H2,1H3,(H,29,32)/t21-/m1/s1. The van der Waals surface area contributed by atoms with Crippen LogP contribution in [0.3, 0.4) is 0 Å². The number of benzene rings is 3. The summed E-state index contributed by atoms with van der Waals surface area (Å²) in [5, 5.41) is 6.86. The van der Waals surface area contributed by atoms with Gasteiger partial charge in [-0.25, -0.2) is 0 Å². The van der Waals surface area contributed by atoms with Gasteiger partial charge >= 0.3 is 6.18 Å². The van der Waals surface area contributed by atoms with Gasteiger partial charge in [0, 0.05) is 17.5 Å². The molecule has 5 nitrogen and oxygen atoms in total. The van der Waals surface area contributed by atoms with Gasteiger partial charge in [0.25, 0.3) is 5.91 Å². The highest BCUT2D eigenvalue weighted by atomic mass is 19.4. The van der Waals surface area contributed by atoms with Crippen molar-refractivity contribution in [3.05, 3.63) is 107 Å². The zero-order valence-electron chi connectivity index (χ0n) is 17.6. The lowest BCUT2D eigenvalue weighted by Crippen LogP contribution is -2.30. The molecule has 0 saturated heterocycles. The summed E-state index contributed by atoms with van der Waals surface area (Å²) in [6.07, 6.45) is -4.11. The molecule has 0 fully saturated rings. The van der Waals surface area contributed by atoms with Gasteiger partial charge in [0.05, 0.1) is 5.56 Å². The first-order valence-electron chi connectivity index (χ1n) is 10.2. The van der Waals surface area contributed by atoms with Crippen molar-refractivity contribution in [2.45, 2.75) is 25.6 Å². The first-order chi connectivity index (χ1) is 15.8. The van der Waals surface area contributed by atoms with E-state index in [0.717, 1.165) is 41.0 Å². The van der Waals surface area contributed by atoms with Crippen molar-refractivity contribution in [3.63, 3.8) is 0 Å². The molecular weight excluding hydrogens is 431 g/mol. The summed E-state index contributed by atoms with van der Waals surface area (Å²) < 4.78 is 44.0. The Morgan fingerprint density at radius 1 is 1.00 bits per heavy atom. The van der Waals surface area contributed by atoms with Crippen molar-refractivity contribution in [1.29, 1.82) is 0 Å². The molecule has 1 atom stereocenters. The Morgan fingerprint density at radius 2 is 1.73 bits per heavy atom. The number of nitrogens with zero attached hydrogens (tertiary/aromatic N) is 2. The second-order valence-electron chi connectivity index (χ2n) is 7.62. The van der Waals surface area contributed by atoms with E-state index in [0.29, 0.717) is 12.2 Å². The van der Waals surface area contributed by atoms with Crippen molar-refractivity contribution in [3.8, 4) is 11.4 Å². The van der Waals surface area contributed by atoms with E-state index in [-0.39, 0.29) is 11.5 Å². The fourth-order valence-electron chi connectivity index (χ4n) is 3.38. The average Bonchev–Trinajstić information content (AvgIpc) is 3.29. The van der Waals surface area contributed by atoms with Gasteiger partial charge in [0.15, 0.2) is 0 Å². The van der Waals surface area contributed by atoms with Crippen molar-refractivity contribution < 1.29 is 22.5 Å². The maximum atomic E-state index is 12.8. The molecular formula is C25H20F3N3O2. The first-order valence-corrected chi connectivity index (χ1v) is 10.2. The maximum absolute atomic E-state index is 12.8. The number of halogens is 3. The lowest BCUT2D eigenvalue weighted by Gasteiger charge is -2.16. The molecule has 1 heterocycles. The number of carbonyl (C=O) groups is 1. The molecule has 4 aromatic rings. The fraction of sp³-hybridized carbons (Fsp3) is 0.160. The van der Waals surface area contributed by atoms with Crippen LogP contribution in [0.1, 0.15) is 39.0 Å². The molecule has 168 valence electrons. The van der Waals surface area contributed by atoms with Gasteiger partial charge in [-0.05, 0) is 42.8 Å². The number of aryl methyl sites for hydroxylation is 1. The Kier molecular flexibility index (Phi) is 6.26. The molecule has 1 aromatic heterocycles. The third-order valence-electron chi connectivity index (χ3n) is 5.08. The smallest absolute Gasteiger partial charge is 0.340 e. The predicted octanol–water partition coefficient (Wildman–Crippen LogP) is 5.78. The van der Waals surface area contributed by atoms with E-state index in [1.54, 1.807) is 0 Å². The van der Waals surface area contributed by atoms with Crippen LogP contribution in [-0.4, -0.2) is 16.0 Å². The van der Waals surface area contributed by atoms with Crippen LogP contribution in [0.2, 0.25) is 0 Å². The van der Waals surface area contributed by atoms with Gasteiger partial charge in [0.2, 0.25) is 11.7 Å². The minimum absolute atomic E-state index is 0.0967. The second-order valence-corrected chi connectivity index (χ2v) is 7.62. The average molecular weight is 451 g/mol. The summed E-state index contributed by atoms with van der Waals surface area (Å²) in [5.41, 5.74) is 2.01. The molecule has 0 bridgehead atoms. The summed E-state index contributed by atoms with van der Waals surface area (Å²) in [6.45, 7) is 1.95. The second kappa shape index (κ2) is 9.28. The summed E-state index contributed by atoms with van der Waals surface area (Å²) in [5.74, 6) is 0.0473. The Bertz CT molecular complexity index is 1240. The van der Waals surface area contributed by atoms with Crippen LogP contribution < -0.4 is 5.32 Å². The monoisotopic (exact) mass is 451 g/mol. The molecule has 33 heavy (non-hydrogen) atoms. The van der Waals surface area contributed by atoms with E-state index in [2.05, 4.69) is 15.5 Å².